The molecule has 5 heteroatoms. The van der Waals surface area contributed by atoms with E-state index in [1.165, 1.54) is 6.33 Å². The molecule has 102 valence electrons. The second kappa shape index (κ2) is 6.89. The van der Waals surface area contributed by atoms with Gasteiger partial charge >= 0.3 is 0 Å². The Morgan fingerprint density at radius 2 is 2.32 bits per heavy atom. The van der Waals surface area contributed by atoms with E-state index in [0.29, 0.717) is 5.88 Å². The third-order valence-electron chi connectivity index (χ3n) is 2.86. The van der Waals surface area contributed by atoms with Crippen LogP contribution in [0.15, 0.2) is 35.2 Å². The lowest BCUT2D eigenvalue weighted by atomic mass is 10.1. The van der Waals surface area contributed by atoms with Gasteiger partial charge in [0.25, 0.3) is 0 Å². The predicted molar refractivity (Wildman–Crippen MR) is 72.0 cm³/mol. The van der Waals surface area contributed by atoms with Crippen molar-refractivity contribution in [3.63, 3.8) is 0 Å². The molecule has 0 saturated heterocycles. The average Bonchev–Trinajstić information content (AvgIpc) is 2.96. The molecule has 0 aliphatic rings. The SMILES string of the molecule is CCCNC(Cc1ccco1)c1cc(OC)ncn1. The summed E-state index contributed by atoms with van der Waals surface area (Å²) in [5.41, 5.74) is 0.914. The molecule has 5 nitrogen and oxygen atoms in total. The van der Waals surface area contributed by atoms with Gasteiger partial charge in [-0.3, -0.25) is 0 Å². The van der Waals surface area contributed by atoms with Crippen LogP contribution >= 0.6 is 0 Å². The molecule has 0 aromatic carbocycles. The van der Waals surface area contributed by atoms with Gasteiger partial charge in [0.15, 0.2) is 0 Å². The van der Waals surface area contributed by atoms with Gasteiger partial charge in [0.05, 0.1) is 25.1 Å². The summed E-state index contributed by atoms with van der Waals surface area (Å²) in [4.78, 5) is 8.36. The van der Waals surface area contributed by atoms with E-state index in [2.05, 4.69) is 22.2 Å². The molecule has 0 radical (unpaired) electrons. The summed E-state index contributed by atoms with van der Waals surface area (Å²) in [7, 11) is 1.60. The van der Waals surface area contributed by atoms with Gasteiger partial charge < -0.3 is 14.5 Å². The molecule has 1 unspecified atom stereocenters. The fraction of sp³-hybridized carbons (Fsp3) is 0.429. The molecule has 0 spiro atoms. The Morgan fingerprint density at radius 3 is 3.00 bits per heavy atom. The zero-order valence-corrected chi connectivity index (χ0v) is 11.3. The van der Waals surface area contributed by atoms with Crippen LogP contribution in [-0.4, -0.2) is 23.6 Å². The fourth-order valence-electron chi connectivity index (χ4n) is 1.89. The zero-order chi connectivity index (χ0) is 13.5. The summed E-state index contributed by atoms with van der Waals surface area (Å²) >= 11 is 0. The van der Waals surface area contributed by atoms with Gasteiger partial charge in [-0.2, -0.15) is 0 Å². The van der Waals surface area contributed by atoms with Crippen LogP contribution in [0, 0.1) is 0 Å². The van der Waals surface area contributed by atoms with Gasteiger partial charge in [-0.25, -0.2) is 9.97 Å². The number of nitrogens with zero attached hydrogens (tertiary/aromatic N) is 2. The molecular formula is C14H19N3O2. The van der Waals surface area contributed by atoms with Gasteiger partial charge in [0.2, 0.25) is 5.88 Å². The molecule has 0 amide bonds. The monoisotopic (exact) mass is 261 g/mol. The highest BCUT2D eigenvalue weighted by atomic mass is 16.5. The van der Waals surface area contributed by atoms with Crippen molar-refractivity contribution in [3.05, 3.63) is 42.2 Å². The lowest BCUT2D eigenvalue weighted by Crippen LogP contribution is -2.25. The van der Waals surface area contributed by atoms with E-state index in [0.717, 1.165) is 30.8 Å². The molecule has 2 rings (SSSR count). The molecule has 1 atom stereocenters. The van der Waals surface area contributed by atoms with E-state index in [4.69, 9.17) is 9.15 Å². The summed E-state index contributed by atoms with van der Waals surface area (Å²) in [5, 5.41) is 3.47. The van der Waals surface area contributed by atoms with Gasteiger partial charge in [0, 0.05) is 12.5 Å². The molecule has 0 saturated carbocycles. The first-order valence-corrected chi connectivity index (χ1v) is 6.45. The van der Waals surface area contributed by atoms with E-state index in [9.17, 15) is 0 Å². The van der Waals surface area contributed by atoms with Crippen LogP contribution in [0.3, 0.4) is 0 Å². The van der Waals surface area contributed by atoms with Crippen LogP contribution in [0.2, 0.25) is 0 Å². The topological polar surface area (TPSA) is 60.2 Å². The number of hydrogen-bond acceptors (Lipinski definition) is 5. The summed E-state index contributed by atoms with van der Waals surface area (Å²) < 4.78 is 10.5. The number of furan rings is 1. The second-order valence-electron chi connectivity index (χ2n) is 4.28. The maximum absolute atomic E-state index is 5.41. The first-order chi connectivity index (χ1) is 9.33. The third kappa shape index (κ3) is 3.79. The molecule has 0 aliphatic heterocycles. The summed E-state index contributed by atoms with van der Waals surface area (Å²) in [6.45, 7) is 3.06. The van der Waals surface area contributed by atoms with Crippen LogP contribution in [0.4, 0.5) is 0 Å². The van der Waals surface area contributed by atoms with Gasteiger partial charge in [-0.05, 0) is 25.1 Å². The Labute approximate surface area is 113 Å². The molecular weight excluding hydrogens is 242 g/mol. The molecule has 0 aliphatic carbocycles. The van der Waals surface area contributed by atoms with E-state index < -0.39 is 0 Å². The van der Waals surface area contributed by atoms with Crippen LogP contribution in [-0.2, 0) is 6.42 Å². The van der Waals surface area contributed by atoms with Crippen molar-refractivity contribution < 1.29 is 9.15 Å². The standard InChI is InChI=1S/C14H19N3O2/c1-3-6-15-12(8-11-5-4-7-19-11)13-9-14(18-2)17-10-16-13/h4-5,7,9-10,12,15H,3,6,8H2,1-2H3. The van der Waals surface area contributed by atoms with Crippen molar-refractivity contribution >= 4 is 0 Å². The second-order valence-corrected chi connectivity index (χ2v) is 4.28. The quantitative estimate of drug-likeness (QED) is 0.829. The van der Waals surface area contributed by atoms with Gasteiger partial charge in [-0.1, -0.05) is 6.92 Å². The fourth-order valence-corrected chi connectivity index (χ4v) is 1.89. The zero-order valence-electron chi connectivity index (χ0n) is 11.3. The van der Waals surface area contributed by atoms with Crippen LogP contribution in [0.5, 0.6) is 5.88 Å². The Morgan fingerprint density at radius 1 is 1.42 bits per heavy atom. The predicted octanol–water partition coefficient (Wildman–Crippen LogP) is 2.36. The number of rotatable bonds is 7. The Bertz CT molecular complexity index is 485. The minimum Gasteiger partial charge on any atom is -0.481 e. The smallest absolute Gasteiger partial charge is 0.216 e. The summed E-state index contributed by atoms with van der Waals surface area (Å²) in [6.07, 6.45) is 5.04. The lowest BCUT2D eigenvalue weighted by Gasteiger charge is -2.17. The van der Waals surface area contributed by atoms with Crippen LogP contribution in [0.1, 0.15) is 30.8 Å². The van der Waals surface area contributed by atoms with Crippen molar-refractivity contribution in [1.82, 2.24) is 15.3 Å². The Balaban J connectivity index is 2.15. The molecule has 2 aromatic rings. The molecule has 19 heavy (non-hydrogen) atoms. The first-order valence-electron chi connectivity index (χ1n) is 6.45. The summed E-state index contributed by atoms with van der Waals surface area (Å²) in [5.74, 6) is 1.51. The van der Waals surface area contributed by atoms with Crippen molar-refractivity contribution in [1.29, 1.82) is 0 Å². The maximum Gasteiger partial charge on any atom is 0.216 e. The molecule has 1 N–H and O–H groups in total. The highest BCUT2D eigenvalue weighted by Gasteiger charge is 2.15. The van der Waals surface area contributed by atoms with E-state index in [-0.39, 0.29) is 6.04 Å². The Hall–Kier alpha value is -1.88. The van der Waals surface area contributed by atoms with E-state index in [1.807, 2.05) is 18.2 Å². The van der Waals surface area contributed by atoms with Crippen molar-refractivity contribution in [2.75, 3.05) is 13.7 Å². The summed E-state index contributed by atoms with van der Waals surface area (Å²) in [6, 6.07) is 5.82. The number of methoxy groups -OCH3 is 1. The van der Waals surface area contributed by atoms with Crippen LogP contribution < -0.4 is 10.1 Å². The van der Waals surface area contributed by atoms with E-state index in [1.54, 1.807) is 13.4 Å². The maximum atomic E-state index is 5.41. The van der Waals surface area contributed by atoms with E-state index >= 15 is 0 Å². The van der Waals surface area contributed by atoms with Crippen molar-refractivity contribution in [2.45, 2.75) is 25.8 Å². The number of hydrogen-bond donors (Lipinski definition) is 1. The normalized spacial score (nSPS) is 12.3. The average molecular weight is 261 g/mol. The van der Waals surface area contributed by atoms with Crippen molar-refractivity contribution in [3.8, 4) is 5.88 Å². The minimum atomic E-state index is 0.1000. The molecule has 2 aromatic heterocycles. The highest BCUT2D eigenvalue weighted by molar-refractivity contribution is 5.18. The molecule has 0 fully saturated rings. The first kappa shape index (κ1) is 13.5. The minimum absolute atomic E-state index is 0.1000. The number of ether oxygens (including phenoxy) is 1. The number of aromatic nitrogens is 2. The van der Waals surface area contributed by atoms with Crippen LogP contribution in [0.25, 0.3) is 0 Å². The van der Waals surface area contributed by atoms with Crippen molar-refractivity contribution in [2.24, 2.45) is 0 Å². The van der Waals surface area contributed by atoms with Gasteiger partial charge in [0.1, 0.15) is 12.1 Å². The highest BCUT2D eigenvalue weighted by Crippen LogP contribution is 2.19. The van der Waals surface area contributed by atoms with Gasteiger partial charge in [-0.15, -0.1) is 0 Å². The molecule has 0 bridgehead atoms. The largest absolute Gasteiger partial charge is 0.481 e. The Kier molecular flexibility index (Phi) is 4.92. The lowest BCUT2D eigenvalue weighted by molar-refractivity contribution is 0.391. The molecule has 2 heterocycles. The third-order valence-corrected chi connectivity index (χ3v) is 2.86. The number of nitrogens with one attached hydrogen (secondary N) is 1.